The Morgan fingerprint density at radius 3 is 1.82 bits per heavy atom. The number of carbonyl (C=O) groups excluding carboxylic acids is 2. The second kappa shape index (κ2) is 9.28. The summed E-state index contributed by atoms with van der Waals surface area (Å²) >= 11 is 0. The third kappa shape index (κ3) is 4.92. The maximum atomic E-state index is 12.3. The number of rotatable bonds is 6. The SMILES string of the molecule is CC/C(=N\NC(=O)c1ccc(NC(=O)c2ccccc2)cc1)c1ccccc1. The van der Waals surface area contributed by atoms with Crippen LogP contribution in [0.4, 0.5) is 5.69 Å². The topological polar surface area (TPSA) is 70.6 Å². The van der Waals surface area contributed by atoms with E-state index in [0.717, 1.165) is 11.3 Å². The van der Waals surface area contributed by atoms with Gasteiger partial charge in [0.2, 0.25) is 0 Å². The van der Waals surface area contributed by atoms with Crippen LogP contribution in [0, 0.1) is 0 Å². The van der Waals surface area contributed by atoms with E-state index in [1.807, 2.05) is 55.5 Å². The van der Waals surface area contributed by atoms with E-state index in [1.165, 1.54) is 0 Å². The maximum absolute atomic E-state index is 12.3. The number of anilines is 1. The Labute approximate surface area is 164 Å². The minimum atomic E-state index is -0.303. The highest BCUT2D eigenvalue weighted by molar-refractivity contribution is 6.05. The van der Waals surface area contributed by atoms with Crippen molar-refractivity contribution in [3.05, 3.63) is 102 Å². The molecular formula is C23H21N3O2. The second-order valence-corrected chi connectivity index (χ2v) is 6.12. The first-order chi connectivity index (χ1) is 13.7. The zero-order valence-electron chi connectivity index (χ0n) is 15.6. The van der Waals surface area contributed by atoms with E-state index in [-0.39, 0.29) is 11.8 Å². The first-order valence-corrected chi connectivity index (χ1v) is 9.06. The van der Waals surface area contributed by atoms with Crippen molar-refractivity contribution in [2.75, 3.05) is 5.32 Å². The molecule has 0 fully saturated rings. The van der Waals surface area contributed by atoms with E-state index in [9.17, 15) is 9.59 Å². The molecule has 0 saturated carbocycles. The highest BCUT2D eigenvalue weighted by atomic mass is 16.2. The van der Waals surface area contributed by atoms with Gasteiger partial charge in [0.25, 0.3) is 11.8 Å². The van der Waals surface area contributed by atoms with Crippen molar-refractivity contribution in [2.45, 2.75) is 13.3 Å². The summed E-state index contributed by atoms with van der Waals surface area (Å²) in [5.41, 5.74) is 6.04. The summed E-state index contributed by atoms with van der Waals surface area (Å²) in [7, 11) is 0. The van der Waals surface area contributed by atoms with Crippen molar-refractivity contribution in [3.63, 3.8) is 0 Å². The molecule has 3 aromatic carbocycles. The zero-order chi connectivity index (χ0) is 19.8. The van der Waals surface area contributed by atoms with Gasteiger partial charge in [-0.3, -0.25) is 9.59 Å². The number of nitrogens with one attached hydrogen (secondary N) is 2. The van der Waals surface area contributed by atoms with Gasteiger partial charge in [0, 0.05) is 16.8 Å². The molecule has 140 valence electrons. The highest BCUT2D eigenvalue weighted by Gasteiger charge is 2.08. The number of nitrogens with zero attached hydrogens (tertiary/aromatic N) is 1. The molecule has 0 aliphatic carbocycles. The van der Waals surface area contributed by atoms with Gasteiger partial charge in [0.1, 0.15) is 0 Å². The Kier molecular flexibility index (Phi) is 6.31. The molecule has 5 nitrogen and oxygen atoms in total. The van der Waals surface area contributed by atoms with Crippen molar-refractivity contribution in [3.8, 4) is 0 Å². The molecule has 3 aromatic rings. The standard InChI is InChI=1S/C23H21N3O2/c1-2-21(17-9-5-3-6-10-17)25-26-23(28)19-13-15-20(16-14-19)24-22(27)18-11-7-4-8-12-18/h3-16H,2H2,1H3,(H,24,27)(H,26,28)/b25-21+. The predicted molar refractivity (Wildman–Crippen MR) is 112 cm³/mol. The molecule has 0 saturated heterocycles. The first-order valence-electron chi connectivity index (χ1n) is 9.06. The van der Waals surface area contributed by atoms with Gasteiger partial charge in [0.15, 0.2) is 0 Å². The monoisotopic (exact) mass is 371 g/mol. The molecule has 0 aliphatic rings. The number of benzene rings is 3. The average molecular weight is 371 g/mol. The summed E-state index contributed by atoms with van der Waals surface area (Å²) in [6, 6.07) is 25.4. The fourth-order valence-corrected chi connectivity index (χ4v) is 2.66. The van der Waals surface area contributed by atoms with Crippen molar-refractivity contribution >= 4 is 23.2 Å². The number of amides is 2. The molecule has 0 aromatic heterocycles. The van der Waals surface area contributed by atoms with Crippen molar-refractivity contribution in [2.24, 2.45) is 5.10 Å². The summed E-state index contributed by atoms with van der Waals surface area (Å²) in [5.74, 6) is -0.499. The van der Waals surface area contributed by atoms with Gasteiger partial charge >= 0.3 is 0 Å². The highest BCUT2D eigenvalue weighted by Crippen LogP contribution is 2.12. The van der Waals surface area contributed by atoms with Crippen LogP contribution in [0.15, 0.2) is 90.0 Å². The quantitative estimate of drug-likeness (QED) is 0.495. The van der Waals surface area contributed by atoms with Crippen LogP contribution in [0.5, 0.6) is 0 Å². The molecule has 2 N–H and O–H groups in total. The minimum absolute atomic E-state index is 0.196. The van der Waals surface area contributed by atoms with E-state index in [0.29, 0.717) is 23.2 Å². The van der Waals surface area contributed by atoms with Crippen molar-refractivity contribution in [1.82, 2.24) is 5.43 Å². The zero-order valence-corrected chi connectivity index (χ0v) is 15.6. The van der Waals surface area contributed by atoms with E-state index < -0.39 is 0 Å². The third-order valence-corrected chi connectivity index (χ3v) is 4.18. The number of hydrogen-bond donors (Lipinski definition) is 2. The van der Waals surface area contributed by atoms with Gasteiger partial charge in [-0.2, -0.15) is 5.10 Å². The normalized spacial score (nSPS) is 11.0. The van der Waals surface area contributed by atoms with E-state index in [2.05, 4.69) is 15.8 Å². The number of hydrogen-bond acceptors (Lipinski definition) is 3. The lowest BCUT2D eigenvalue weighted by molar-refractivity contribution is 0.0954. The lowest BCUT2D eigenvalue weighted by Gasteiger charge is -2.07. The maximum Gasteiger partial charge on any atom is 0.271 e. The minimum Gasteiger partial charge on any atom is -0.322 e. The van der Waals surface area contributed by atoms with Gasteiger partial charge in [-0.25, -0.2) is 5.43 Å². The van der Waals surface area contributed by atoms with Gasteiger partial charge in [-0.1, -0.05) is 55.5 Å². The molecule has 0 heterocycles. The molecule has 0 atom stereocenters. The molecule has 3 rings (SSSR count). The second-order valence-electron chi connectivity index (χ2n) is 6.12. The van der Waals surface area contributed by atoms with Crippen LogP contribution in [-0.2, 0) is 0 Å². The van der Waals surface area contributed by atoms with Crippen LogP contribution in [0.2, 0.25) is 0 Å². The number of hydrazone groups is 1. The van der Waals surface area contributed by atoms with E-state index in [4.69, 9.17) is 0 Å². The summed E-state index contributed by atoms with van der Waals surface area (Å²) in [5, 5.41) is 7.05. The van der Waals surface area contributed by atoms with Crippen LogP contribution >= 0.6 is 0 Å². The van der Waals surface area contributed by atoms with Gasteiger partial charge in [0.05, 0.1) is 5.71 Å². The third-order valence-electron chi connectivity index (χ3n) is 4.18. The van der Waals surface area contributed by atoms with E-state index in [1.54, 1.807) is 36.4 Å². The molecule has 0 spiro atoms. The summed E-state index contributed by atoms with van der Waals surface area (Å²) in [4.78, 5) is 24.5. The molecular weight excluding hydrogens is 350 g/mol. The lowest BCUT2D eigenvalue weighted by atomic mass is 10.1. The molecule has 0 bridgehead atoms. The van der Waals surface area contributed by atoms with Gasteiger partial charge in [-0.15, -0.1) is 0 Å². The Hall–Kier alpha value is -3.73. The molecule has 2 amide bonds. The molecule has 0 unspecified atom stereocenters. The molecule has 0 aliphatic heterocycles. The summed E-state index contributed by atoms with van der Waals surface area (Å²) < 4.78 is 0. The fraction of sp³-hybridized carbons (Fsp3) is 0.0870. The molecule has 28 heavy (non-hydrogen) atoms. The summed E-state index contributed by atoms with van der Waals surface area (Å²) in [6.07, 6.45) is 0.703. The van der Waals surface area contributed by atoms with Crippen molar-refractivity contribution < 1.29 is 9.59 Å². The van der Waals surface area contributed by atoms with Crippen LogP contribution in [-0.4, -0.2) is 17.5 Å². The van der Waals surface area contributed by atoms with Crippen LogP contribution < -0.4 is 10.7 Å². The summed E-state index contributed by atoms with van der Waals surface area (Å²) in [6.45, 7) is 1.99. The predicted octanol–water partition coefficient (Wildman–Crippen LogP) is 4.48. The van der Waals surface area contributed by atoms with E-state index >= 15 is 0 Å². The largest absolute Gasteiger partial charge is 0.322 e. The number of carbonyl (C=O) groups is 2. The average Bonchev–Trinajstić information content (AvgIpc) is 2.76. The molecule has 0 radical (unpaired) electrons. The Morgan fingerprint density at radius 2 is 1.25 bits per heavy atom. The van der Waals surface area contributed by atoms with Gasteiger partial charge in [-0.05, 0) is 48.4 Å². The Balaban J connectivity index is 1.63. The first kappa shape index (κ1) is 19.0. The lowest BCUT2D eigenvalue weighted by Crippen LogP contribution is -2.20. The van der Waals surface area contributed by atoms with Crippen LogP contribution in [0.25, 0.3) is 0 Å². The Morgan fingerprint density at radius 1 is 0.714 bits per heavy atom. The Bertz CT molecular complexity index is 966. The fourth-order valence-electron chi connectivity index (χ4n) is 2.66. The van der Waals surface area contributed by atoms with Gasteiger partial charge < -0.3 is 5.32 Å². The molecule has 5 heteroatoms. The smallest absolute Gasteiger partial charge is 0.271 e. The van der Waals surface area contributed by atoms with Crippen LogP contribution in [0.1, 0.15) is 39.6 Å². The van der Waals surface area contributed by atoms with Crippen LogP contribution in [0.3, 0.4) is 0 Å². The van der Waals surface area contributed by atoms with Crippen molar-refractivity contribution in [1.29, 1.82) is 0 Å².